The molecule has 1 aliphatic rings. The van der Waals surface area contributed by atoms with Gasteiger partial charge in [-0.15, -0.1) is 0 Å². The lowest BCUT2D eigenvalue weighted by Gasteiger charge is -2.30. The van der Waals surface area contributed by atoms with E-state index in [2.05, 4.69) is 26.1 Å². The maximum Gasteiger partial charge on any atom is 0.0468 e. The molecular weight excluding hydrogens is 248 g/mol. The first-order valence-electron chi connectivity index (χ1n) is 8.33. The Balaban J connectivity index is 2.12. The second-order valence-corrected chi connectivity index (χ2v) is 7.70. The van der Waals surface area contributed by atoms with Crippen molar-refractivity contribution in [3.8, 4) is 0 Å². The summed E-state index contributed by atoms with van der Waals surface area (Å²) in [7, 11) is 1.80. The van der Waals surface area contributed by atoms with Gasteiger partial charge in [0.2, 0.25) is 0 Å². The predicted octanol–water partition coefficient (Wildman–Crippen LogP) is 3.18. The molecule has 0 spiro atoms. The van der Waals surface area contributed by atoms with Gasteiger partial charge in [-0.1, -0.05) is 20.8 Å². The maximum absolute atomic E-state index is 5.74. The molecule has 0 bridgehead atoms. The Kier molecular flexibility index (Phi) is 7.49. The first kappa shape index (κ1) is 17.9. The zero-order valence-corrected chi connectivity index (χ0v) is 14.1. The van der Waals surface area contributed by atoms with Crippen LogP contribution in [0.1, 0.15) is 59.3 Å². The largest absolute Gasteiger partial charge is 0.385 e. The number of methoxy groups -OCH3 is 1. The van der Waals surface area contributed by atoms with Crippen molar-refractivity contribution in [3.05, 3.63) is 0 Å². The zero-order chi connectivity index (χ0) is 15.1. The van der Waals surface area contributed by atoms with E-state index in [-0.39, 0.29) is 0 Å². The van der Waals surface area contributed by atoms with Gasteiger partial charge in [0.25, 0.3) is 0 Å². The summed E-state index contributed by atoms with van der Waals surface area (Å²) in [5.41, 5.74) is 6.69. The van der Waals surface area contributed by atoms with Crippen LogP contribution >= 0.6 is 0 Å². The molecule has 0 heterocycles. The highest BCUT2D eigenvalue weighted by Crippen LogP contribution is 2.48. The maximum atomic E-state index is 5.74. The van der Waals surface area contributed by atoms with Crippen molar-refractivity contribution in [3.63, 3.8) is 0 Å². The highest BCUT2D eigenvalue weighted by atomic mass is 16.5. The Morgan fingerprint density at radius 1 is 1.25 bits per heavy atom. The van der Waals surface area contributed by atoms with Crippen LogP contribution in [-0.2, 0) is 4.74 Å². The minimum absolute atomic E-state index is 0.384. The molecule has 3 heteroatoms. The van der Waals surface area contributed by atoms with Crippen molar-refractivity contribution < 1.29 is 4.74 Å². The standard InChI is InChI=1S/C17H36N2O/c1-16(2,3)15(7-11-18)6-5-12-19-14-17(8-9-17)10-13-20-4/h15,19H,5-14,18H2,1-4H3. The molecule has 1 rings (SSSR count). The lowest BCUT2D eigenvalue weighted by molar-refractivity contribution is 0.171. The van der Waals surface area contributed by atoms with Crippen LogP contribution in [0.25, 0.3) is 0 Å². The van der Waals surface area contributed by atoms with E-state index < -0.39 is 0 Å². The number of ether oxygens (including phenoxy) is 1. The van der Waals surface area contributed by atoms with Crippen LogP contribution in [-0.4, -0.2) is 33.4 Å². The number of nitrogens with two attached hydrogens (primary N) is 1. The zero-order valence-electron chi connectivity index (χ0n) is 14.1. The molecule has 3 nitrogen and oxygen atoms in total. The Labute approximate surface area is 126 Å². The van der Waals surface area contributed by atoms with Crippen molar-refractivity contribution in [1.82, 2.24) is 5.32 Å². The SMILES string of the molecule is COCCC1(CNCCCC(CCN)C(C)(C)C)CC1. The Morgan fingerprint density at radius 3 is 2.45 bits per heavy atom. The molecular formula is C17H36N2O. The van der Waals surface area contributed by atoms with Crippen LogP contribution in [0.5, 0.6) is 0 Å². The average Bonchev–Trinajstić information content (AvgIpc) is 3.14. The molecule has 3 N–H and O–H groups in total. The van der Waals surface area contributed by atoms with Gasteiger partial charge in [0, 0.05) is 20.3 Å². The van der Waals surface area contributed by atoms with E-state index >= 15 is 0 Å². The normalized spacial score (nSPS) is 19.1. The van der Waals surface area contributed by atoms with Crippen LogP contribution in [0.2, 0.25) is 0 Å². The minimum Gasteiger partial charge on any atom is -0.385 e. The van der Waals surface area contributed by atoms with Gasteiger partial charge in [-0.3, -0.25) is 0 Å². The second kappa shape index (κ2) is 8.35. The van der Waals surface area contributed by atoms with Crippen LogP contribution in [0.4, 0.5) is 0 Å². The van der Waals surface area contributed by atoms with Gasteiger partial charge in [-0.25, -0.2) is 0 Å². The molecule has 0 aromatic carbocycles. The summed E-state index contributed by atoms with van der Waals surface area (Å²) in [5.74, 6) is 0.748. The fourth-order valence-electron chi connectivity index (χ4n) is 3.05. The summed E-state index contributed by atoms with van der Waals surface area (Å²) in [6.45, 7) is 11.1. The predicted molar refractivity (Wildman–Crippen MR) is 86.9 cm³/mol. The third kappa shape index (κ3) is 6.55. The van der Waals surface area contributed by atoms with E-state index in [1.807, 2.05) is 0 Å². The second-order valence-electron chi connectivity index (χ2n) is 7.70. The van der Waals surface area contributed by atoms with Crippen molar-refractivity contribution in [1.29, 1.82) is 0 Å². The van der Waals surface area contributed by atoms with Crippen molar-refractivity contribution >= 4 is 0 Å². The van der Waals surface area contributed by atoms with E-state index in [9.17, 15) is 0 Å². The van der Waals surface area contributed by atoms with Gasteiger partial charge < -0.3 is 15.8 Å². The van der Waals surface area contributed by atoms with Crippen LogP contribution in [0.15, 0.2) is 0 Å². The van der Waals surface area contributed by atoms with Gasteiger partial charge in [-0.05, 0) is 68.4 Å². The van der Waals surface area contributed by atoms with E-state index in [4.69, 9.17) is 10.5 Å². The lowest BCUT2D eigenvalue weighted by atomic mass is 9.76. The fourth-order valence-corrected chi connectivity index (χ4v) is 3.05. The quantitative estimate of drug-likeness (QED) is 0.573. The highest BCUT2D eigenvalue weighted by Gasteiger charge is 2.41. The van der Waals surface area contributed by atoms with E-state index in [0.29, 0.717) is 10.8 Å². The molecule has 1 fully saturated rings. The molecule has 1 saturated carbocycles. The molecule has 0 aromatic rings. The number of hydrogen-bond donors (Lipinski definition) is 2. The third-order valence-electron chi connectivity index (χ3n) is 4.94. The topological polar surface area (TPSA) is 47.3 Å². The van der Waals surface area contributed by atoms with Gasteiger partial charge in [-0.2, -0.15) is 0 Å². The third-order valence-corrected chi connectivity index (χ3v) is 4.94. The molecule has 0 amide bonds. The summed E-state index contributed by atoms with van der Waals surface area (Å²) in [6, 6.07) is 0. The summed E-state index contributed by atoms with van der Waals surface area (Å²) >= 11 is 0. The first-order valence-corrected chi connectivity index (χ1v) is 8.33. The monoisotopic (exact) mass is 284 g/mol. The molecule has 1 atom stereocenters. The Morgan fingerprint density at radius 2 is 1.95 bits per heavy atom. The van der Waals surface area contributed by atoms with E-state index in [1.165, 1.54) is 38.6 Å². The Hall–Kier alpha value is -0.120. The molecule has 1 unspecified atom stereocenters. The van der Waals surface area contributed by atoms with Gasteiger partial charge in [0.15, 0.2) is 0 Å². The first-order chi connectivity index (χ1) is 9.43. The van der Waals surface area contributed by atoms with E-state index in [0.717, 1.165) is 32.0 Å². The molecule has 120 valence electrons. The van der Waals surface area contributed by atoms with Crippen molar-refractivity contribution in [2.75, 3.05) is 33.4 Å². The molecule has 0 saturated heterocycles. The van der Waals surface area contributed by atoms with Crippen molar-refractivity contribution in [2.45, 2.75) is 59.3 Å². The molecule has 0 aromatic heterocycles. The average molecular weight is 284 g/mol. The molecule has 0 aliphatic heterocycles. The summed E-state index contributed by atoms with van der Waals surface area (Å²) in [5, 5.41) is 3.66. The highest BCUT2D eigenvalue weighted by molar-refractivity contribution is 4.94. The van der Waals surface area contributed by atoms with Gasteiger partial charge >= 0.3 is 0 Å². The number of nitrogens with one attached hydrogen (secondary N) is 1. The van der Waals surface area contributed by atoms with Crippen LogP contribution < -0.4 is 11.1 Å². The summed E-state index contributed by atoms with van der Waals surface area (Å²) < 4.78 is 5.20. The van der Waals surface area contributed by atoms with Crippen LogP contribution in [0.3, 0.4) is 0 Å². The molecule has 1 aliphatic carbocycles. The summed E-state index contributed by atoms with van der Waals surface area (Å²) in [6.07, 6.45) is 7.68. The lowest BCUT2D eigenvalue weighted by Crippen LogP contribution is -2.28. The minimum atomic E-state index is 0.384. The Bertz CT molecular complexity index is 256. The number of hydrogen-bond acceptors (Lipinski definition) is 3. The number of rotatable bonds is 11. The van der Waals surface area contributed by atoms with Crippen LogP contribution in [0, 0.1) is 16.7 Å². The fraction of sp³-hybridized carbons (Fsp3) is 1.00. The van der Waals surface area contributed by atoms with Gasteiger partial charge in [0.05, 0.1) is 0 Å². The van der Waals surface area contributed by atoms with E-state index in [1.54, 1.807) is 7.11 Å². The molecule has 0 radical (unpaired) electrons. The molecule has 20 heavy (non-hydrogen) atoms. The smallest absolute Gasteiger partial charge is 0.0468 e. The van der Waals surface area contributed by atoms with Gasteiger partial charge in [0.1, 0.15) is 0 Å². The summed E-state index contributed by atoms with van der Waals surface area (Å²) in [4.78, 5) is 0. The van der Waals surface area contributed by atoms with Crippen molar-refractivity contribution in [2.24, 2.45) is 22.5 Å².